The third-order valence-electron chi connectivity index (χ3n) is 3.64. The molecule has 140 valence electrons. The first-order chi connectivity index (χ1) is 12.8. The van der Waals surface area contributed by atoms with E-state index in [1.54, 1.807) is 37.6 Å². The number of aryl methyl sites for hydroxylation is 1. The summed E-state index contributed by atoms with van der Waals surface area (Å²) in [5.74, 6) is 0.630. The van der Waals surface area contributed by atoms with E-state index in [1.165, 1.54) is 10.9 Å². The first-order valence-electron chi connectivity index (χ1n) is 7.88. The summed E-state index contributed by atoms with van der Waals surface area (Å²) in [7, 11) is 3.54. The molecule has 3 aromatic rings. The quantitative estimate of drug-likeness (QED) is 0.520. The highest BCUT2D eigenvalue weighted by Gasteiger charge is 2.30. The first-order valence-corrected chi connectivity index (χ1v) is 7.88. The molecule has 0 unspecified atom stereocenters. The predicted octanol–water partition coefficient (Wildman–Crippen LogP) is 3.02. The number of halogens is 3. The van der Waals surface area contributed by atoms with E-state index in [0.717, 1.165) is 17.8 Å². The van der Waals surface area contributed by atoms with Gasteiger partial charge in [0.2, 0.25) is 0 Å². The predicted molar refractivity (Wildman–Crippen MR) is 93.0 cm³/mol. The van der Waals surface area contributed by atoms with Gasteiger partial charge in [-0.05, 0) is 30.7 Å². The monoisotopic (exact) mass is 375 g/mol. The topological polar surface area (TPSA) is 72.1 Å². The second-order valence-electron chi connectivity index (χ2n) is 5.91. The van der Waals surface area contributed by atoms with Crippen LogP contribution in [0.3, 0.4) is 0 Å². The van der Waals surface area contributed by atoms with Crippen molar-refractivity contribution in [2.45, 2.75) is 13.1 Å². The maximum absolute atomic E-state index is 12.7. The van der Waals surface area contributed by atoms with Crippen molar-refractivity contribution in [2.75, 3.05) is 14.1 Å². The van der Waals surface area contributed by atoms with Gasteiger partial charge in [0.25, 0.3) is 0 Å². The van der Waals surface area contributed by atoms with E-state index in [1.807, 2.05) is 13.0 Å². The highest BCUT2D eigenvalue weighted by molar-refractivity contribution is 5.99. The number of hydrogen-bond acceptors (Lipinski definition) is 5. The zero-order valence-electron chi connectivity index (χ0n) is 14.8. The van der Waals surface area contributed by atoms with Crippen LogP contribution in [0.1, 0.15) is 16.8 Å². The van der Waals surface area contributed by atoms with Gasteiger partial charge in [0, 0.05) is 20.3 Å². The smallest absolute Gasteiger partial charge is 0.361 e. The van der Waals surface area contributed by atoms with Crippen molar-refractivity contribution < 1.29 is 13.2 Å². The molecule has 0 aliphatic rings. The molecule has 0 radical (unpaired) electrons. The Hall–Kier alpha value is -3.30. The first kappa shape index (κ1) is 18.5. The molecule has 10 heteroatoms. The van der Waals surface area contributed by atoms with Crippen molar-refractivity contribution in [3.8, 4) is 5.69 Å². The largest absolute Gasteiger partial charge is 0.417 e. The van der Waals surface area contributed by atoms with Crippen molar-refractivity contribution in [2.24, 2.45) is 4.99 Å². The molecule has 0 N–H and O–H groups in total. The summed E-state index contributed by atoms with van der Waals surface area (Å²) in [6, 6.07) is 4.02. The molecule has 3 heterocycles. The van der Waals surface area contributed by atoms with Crippen LogP contribution in [0, 0.1) is 6.92 Å². The summed E-state index contributed by atoms with van der Waals surface area (Å²) >= 11 is 0. The summed E-state index contributed by atoms with van der Waals surface area (Å²) in [6.07, 6.45) is 1.05. The van der Waals surface area contributed by atoms with Crippen molar-refractivity contribution >= 4 is 11.7 Å². The van der Waals surface area contributed by atoms with Crippen LogP contribution < -0.4 is 0 Å². The Morgan fingerprint density at radius 3 is 2.30 bits per heavy atom. The molecule has 3 aromatic heterocycles. The zero-order valence-corrected chi connectivity index (χ0v) is 14.8. The van der Waals surface area contributed by atoms with Gasteiger partial charge in [-0.1, -0.05) is 0 Å². The molecule has 27 heavy (non-hydrogen) atoms. The van der Waals surface area contributed by atoms with Crippen molar-refractivity contribution in [1.29, 1.82) is 0 Å². The molecule has 0 aromatic carbocycles. The summed E-state index contributed by atoms with van der Waals surface area (Å²) in [4.78, 5) is 15.8. The number of hydrogen-bond donors (Lipinski definition) is 0. The Labute approximate surface area is 153 Å². The average Bonchev–Trinajstić information content (AvgIpc) is 3.14. The molecule has 0 fully saturated rings. The summed E-state index contributed by atoms with van der Waals surface area (Å²) in [5.41, 5.74) is 1.26. The van der Waals surface area contributed by atoms with Gasteiger partial charge >= 0.3 is 6.18 Å². The lowest BCUT2D eigenvalue weighted by Crippen LogP contribution is -2.25. The van der Waals surface area contributed by atoms with E-state index in [0.29, 0.717) is 17.2 Å². The van der Waals surface area contributed by atoms with Crippen LogP contribution in [0.15, 0.2) is 48.0 Å². The molecule has 0 aliphatic heterocycles. The number of nitrogens with zero attached hydrogens (tertiary/aromatic N) is 7. The Morgan fingerprint density at radius 1 is 1.07 bits per heavy atom. The molecule has 0 atom stereocenters. The highest BCUT2D eigenvalue weighted by atomic mass is 19.4. The van der Waals surface area contributed by atoms with E-state index in [9.17, 15) is 13.2 Å². The van der Waals surface area contributed by atoms with Gasteiger partial charge in [0.05, 0.1) is 24.2 Å². The zero-order chi connectivity index (χ0) is 19.6. The third-order valence-corrected chi connectivity index (χ3v) is 3.64. The SMILES string of the molecule is Cc1cc(-n2nccn2)cnc1C(=Nc1ccc(C(F)(F)F)cn1)N(C)C. The van der Waals surface area contributed by atoms with E-state index in [-0.39, 0.29) is 5.82 Å². The van der Waals surface area contributed by atoms with Gasteiger partial charge in [0.1, 0.15) is 11.4 Å². The Balaban J connectivity index is 1.97. The Kier molecular flexibility index (Phi) is 4.89. The van der Waals surface area contributed by atoms with E-state index < -0.39 is 11.7 Å². The number of aliphatic imine (C=N–C) groups is 1. The number of aromatic nitrogens is 5. The van der Waals surface area contributed by atoms with Gasteiger partial charge in [-0.2, -0.15) is 28.2 Å². The number of pyridine rings is 2. The number of alkyl halides is 3. The summed E-state index contributed by atoms with van der Waals surface area (Å²) in [6.45, 7) is 1.86. The summed E-state index contributed by atoms with van der Waals surface area (Å²) in [5, 5.41) is 8.11. The highest BCUT2D eigenvalue weighted by Crippen LogP contribution is 2.29. The van der Waals surface area contributed by atoms with Crippen molar-refractivity contribution in [1.82, 2.24) is 29.9 Å². The minimum absolute atomic E-state index is 0.158. The lowest BCUT2D eigenvalue weighted by molar-refractivity contribution is -0.137. The fourth-order valence-electron chi connectivity index (χ4n) is 2.35. The van der Waals surface area contributed by atoms with Crippen LogP contribution in [-0.4, -0.2) is 49.8 Å². The van der Waals surface area contributed by atoms with Crippen LogP contribution in [0.2, 0.25) is 0 Å². The molecular weight excluding hydrogens is 359 g/mol. The number of amidine groups is 1. The van der Waals surface area contributed by atoms with Crippen LogP contribution in [0.5, 0.6) is 0 Å². The second kappa shape index (κ2) is 7.14. The van der Waals surface area contributed by atoms with Crippen LogP contribution >= 0.6 is 0 Å². The van der Waals surface area contributed by atoms with Crippen LogP contribution in [-0.2, 0) is 6.18 Å². The van der Waals surface area contributed by atoms with Gasteiger partial charge in [-0.15, -0.1) is 0 Å². The molecule has 0 spiro atoms. The molecule has 0 aliphatic carbocycles. The lowest BCUT2D eigenvalue weighted by Gasteiger charge is -2.17. The number of rotatable bonds is 3. The molecule has 3 rings (SSSR count). The van der Waals surface area contributed by atoms with E-state index in [2.05, 4.69) is 25.2 Å². The fourth-order valence-corrected chi connectivity index (χ4v) is 2.35. The van der Waals surface area contributed by atoms with Gasteiger partial charge in [-0.25, -0.2) is 9.98 Å². The molecule has 7 nitrogen and oxygen atoms in total. The summed E-state index contributed by atoms with van der Waals surface area (Å²) < 4.78 is 38.0. The lowest BCUT2D eigenvalue weighted by atomic mass is 10.2. The Bertz CT molecular complexity index is 946. The van der Waals surface area contributed by atoms with Crippen LogP contribution in [0.25, 0.3) is 5.69 Å². The van der Waals surface area contributed by atoms with Crippen molar-refractivity contribution in [3.63, 3.8) is 0 Å². The minimum Gasteiger partial charge on any atom is -0.361 e. The maximum atomic E-state index is 12.7. The molecule has 0 amide bonds. The van der Waals surface area contributed by atoms with Gasteiger partial charge < -0.3 is 4.90 Å². The molecular formula is C17H16F3N7. The second-order valence-corrected chi connectivity index (χ2v) is 5.91. The third kappa shape index (κ3) is 4.10. The van der Waals surface area contributed by atoms with E-state index >= 15 is 0 Å². The van der Waals surface area contributed by atoms with Crippen LogP contribution in [0.4, 0.5) is 19.0 Å². The fraction of sp³-hybridized carbons (Fsp3) is 0.235. The standard InChI is InChI=1S/C17H16F3N7/c1-11-8-13(27-23-6-7-24-27)10-22-15(11)16(26(2)3)25-14-5-4-12(9-21-14)17(18,19)20/h4-10H,1-3H3. The van der Waals surface area contributed by atoms with E-state index in [4.69, 9.17) is 0 Å². The van der Waals surface area contributed by atoms with Gasteiger partial charge in [0.15, 0.2) is 11.7 Å². The molecule has 0 saturated heterocycles. The van der Waals surface area contributed by atoms with Crippen molar-refractivity contribution in [3.05, 3.63) is 59.8 Å². The Morgan fingerprint density at radius 2 is 1.78 bits per heavy atom. The maximum Gasteiger partial charge on any atom is 0.417 e. The minimum atomic E-state index is -4.44. The average molecular weight is 375 g/mol. The normalized spacial score (nSPS) is 12.3. The molecule has 0 saturated carbocycles. The van der Waals surface area contributed by atoms with Gasteiger partial charge in [-0.3, -0.25) is 4.98 Å². The molecule has 0 bridgehead atoms.